The summed E-state index contributed by atoms with van der Waals surface area (Å²) in [7, 11) is 0. The standard InChI is InChI=1S/C26H28N6OS/c1-17-10-11-22(16-18(17)2)32-20(4)23(28-29-32)25-27-19(3)24(34-25)26(33)31-14-12-30(13-15-31)21-8-6-5-7-9-21/h5-11,16H,12-15H2,1-4H3. The molecule has 0 atom stereocenters. The first-order chi connectivity index (χ1) is 16.4. The summed E-state index contributed by atoms with van der Waals surface area (Å²) in [6, 6.07) is 16.6. The Labute approximate surface area is 203 Å². The van der Waals surface area contributed by atoms with Gasteiger partial charge >= 0.3 is 0 Å². The van der Waals surface area contributed by atoms with Gasteiger partial charge in [0.05, 0.1) is 17.1 Å². The summed E-state index contributed by atoms with van der Waals surface area (Å²) in [5.74, 6) is 0.0492. The fourth-order valence-corrected chi connectivity index (χ4v) is 5.35. The summed E-state index contributed by atoms with van der Waals surface area (Å²) in [4.78, 5) is 23.0. The molecule has 0 N–H and O–H groups in total. The van der Waals surface area contributed by atoms with Crippen molar-refractivity contribution < 1.29 is 4.79 Å². The molecule has 1 fully saturated rings. The average Bonchev–Trinajstić information content (AvgIpc) is 3.43. The first-order valence-corrected chi connectivity index (χ1v) is 12.3. The van der Waals surface area contributed by atoms with Crippen molar-refractivity contribution in [3.63, 3.8) is 0 Å². The van der Waals surface area contributed by atoms with E-state index in [1.165, 1.54) is 28.2 Å². The molecule has 5 rings (SSSR count). The smallest absolute Gasteiger partial charge is 0.265 e. The van der Waals surface area contributed by atoms with Gasteiger partial charge in [-0.3, -0.25) is 4.79 Å². The minimum Gasteiger partial charge on any atom is -0.368 e. The summed E-state index contributed by atoms with van der Waals surface area (Å²) in [5, 5.41) is 9.52. The van der Waals surface area contributed by atoms with Crippen molar-refractivity contribution in [1.82, 2.24) is 24.9 Å². The van der Waals surface area contributed by atoms with Crippen LogP contribution in [0.4, 0.5) is 5.69 Å². The fourth-order valence-electron chi connectivity index (χ4n) is 4.28. The van der Waals surface area contributed by atoms with Crippen molar-refractivity contribution in [2.75, 3.05) is 31.1 Å². The quantitative estimate of drug-likeness (QED) is 0.435. The van der Waals surface area contributed by atoms with Gasteiger partial charge in [0.15, 0.2) is 0 Å². The summed E-state index contributed by atoms with van der Waals surface area (Å²) in [6.45, 7) is 11.1. The zero-order valence-electron chi connectivity index (χ0n) is 19.9. The lowest BCUT2D eigenvalue weighted by Gasteiger charge is -2.36. The van der Waals surface area contributed by atoms with Gasteiger partial charge in [-0.2, -0.15) is 0 Å². The maximum Gasteiger partial charge on any atom is 0.265 e. The third kappa shape index (κ3) is 4.09. The molecular weight excluding hydrogens is 444 g/mol. The Morgan fingerprint density at radius 2 is 1.62 bits per heavy atom. The number of anilines is 1. The molecule has 0 unspecified atom stereocenters. The van der Waals surface area contributed by atoms with Crippen molar-refractivity contribution in [3.05, 3.63) is 75.9 Å². The van der Waals surface area contributed by atoms with E-state index in [9.17, 15) is 4.79 Å². The maximum absolute atomic E-state index is 13.3. The van der Waals surface area contributed by atoms with Crippen LogP contribution in [0, 0.1) is 27.7 Å². The minimum atomic E-state index is 0.0492. The number of aryl methyl sites for hydroxylation is 3. The molecule has 2 aromatic carbocycles. The third-order valence-corrected chi connectivity index (χ3v) is 7.66. The highest BCUT2D eigenvalue weighted by atomic mass is 32.1. The number of benzene rings is 2. The lowest BCUT2D eigenvalue weighted by Crippen LogP contribution is -2.48. The van der Waals surface area contributed by atoms with Gasteiger partial charge in [0.25, 0.3) is 5.91 Å². The second-order valence-electron chi connectivity index (χ2n) is 8.75. The number of thiazole rings is 1. The van der Waals surface area contributed by atoms with E-state index in [0.717, 1.165) is 40.9 Å². The number of amides is 1. The monoisotopic (exact) mass is 472 g/mol. The second-order valence-corrected chi connectivity index (χ2v) is 9.75. The fraction of sp³-hybridized carbons (Fsp3) is 0.308. The summed E-state index contributed by atoms with van der Waals surface area (Å²) >= 11 is 1.41. The van der Waals surface area contributed by atoms with Gasteiger partial charge in [-0.15, -0.1) is 16.4 Å². The van der Waals surface area contributed by atoms with Gasteiger partial charge in [0.2, 0.25) is 0 Å². The van der Waals surface area contributed by atoms with E-state index >= 15 is 0 Å². The number of aromatic nitrogens is 4. The molecule has 0 bridgehead atoms. The number of nitrogens with zero attached hydrogens (tertiary/aromatic N) is 6. The Balaban J connectivity index is 1.34. The zero-order chi connectivity index (χ0) is 23.8. The van der Waals surface area contributed by atoms with Crippen LogP contribution in [0.1, 0.15) is 32.2 Å². The molecule has 1 aliphatic heterocycles. The molecule has 1 amide bonds. The highest BCUT2D eigenvalue weighted by molar-refractivity contribution is 7.17. The molecule has 174 valence electrons. The van der Waals surface area contributed by atoms with Crippen LogP contribution in [0.2, 0.25) is 0 Å². The minimum absolute atomic E-state index is 0.0492. The number of carbonyl (C=O) groups excluding carboxylic acids is 1. The second kappa shape index (κ2) is 9.02. The van der Waals surface area contributed by atoms with Gasteiger partial charge < -0.3 is 9.80 Å². The van der Waals surface area contributed by atoms with Crippen LogP contribution < -0.4 is 4.90 Å². The molecule has 0 saturated carbocycles. The Bertz CT molecular complexity index is 1330. The Kier molecular flexibility index (Phi) is 5.91. The summed E-state index contributed by atoms with van der Waals surface area (Å²) in [5.41, 5.74) is 7.00. The van der Waals surface area contributed by atoms with Crippen molar-refractivity contribution in [3.8, 4) is 16.4 Å². The number of carbonyl (C=O) groups is 1. The van der Waals surface area contributed by atoms with Crippen LogP contribution in [0.3, 0.4) is 0 Å². The van der Waals surface area contributed by atoms with Crippen molar-refractivity contribution >= 4 is 22.9 Å². The molecule has 34 heavy (non-hydrogen) atoms. The van der Waals surface area contributed by atoms with Crippen molar-refractivity contribution in [1.29, 1.82) is 0 Å². The predicted molar refractivity (Wildman–Crippen MR) is 136 cm³/mol. The van der Waals surface area contributed by atoms with Crippen molar-refractivity contribution in [2.45, 2.75) is 27.7 Å². The number of hydrogen-bond donors (Lipinski definition) is 0. The largest absolute Gasteiger partial charge is 0.368 e. The molecule has 0 aliphatic carbocycles. The normalized spacial score (nSPS) is 14.0. The van der Waals surface area contributed by atoms with Gasteiger partial charge in [-0.1, -0.05) is 29.5 Å². The molecule has 8 heteroatoms. The third-order valence-electron chi connectivity index (χ3n) is 6.51. The van der Waals surface area contributed by atoms with Crippen LogP contribution in [0.25, 0.3) is 16.4 Å². The van der Waals surface area contributed by atoms with Crippen LogP contribution in [0.5, 0.6) is 0 Å². The van der Waals surface area contributed by atoms with E-state index in [1.54, 1.807) is 0 Å². The molecule has 3 heterocycles. The molecule has 1 saturated heterocycles. The molecule has 1 aliphatic rings. The van der Waals surface area contributed by atoms with E-state index in [1.807, 2.05) is 47.7 Å². The Morgan fingerprint density at radius 3 is 2.32 bits per heavy atom. The Hall–Kier alpha value is -3.52. The summed E-state index contributed by atoms with van der Waals surface area (Å²) < 4.78 is 1.84. The first-order valence-electron chi connectivity index (χ1n) is 11.5. The van der Waals surface area contributed by atoms with Crippen LogP contribution in [-0.2, 0) is 0 Å². The molecule has 2 aromatic heterocycles. The lowest BCUT2D eigenvalue weighted by molar-refractivity contribution is 0.0750. The molecular formula is C26H28N6OS. The zero-order valence-corrected chi connectivity index (χ0v) is 20.8. The SMILES string of the molecule is Cc1ccc(-n2nnc(-c3nc(C)c(C(=O)N4CCN(c5ccccc5)CC4)s3)c2C)cc1C. The van der Waals surface area contributed by atoms with Crippen LogP contribution in [0.15, 0.2) is 48.5 Å². The van der Waals surface area contributed by atoms with Crippen LogP contribution >= 0.6 is 11.3 Å². The molecule has 0 radical (unpaired) electrons. The van der Waals surface area contributed by atoms with Crippen LogP contribution in [-0.4, -0.2) is 57.0 Å². The highest BCUT2D eigenvalue weighted by Gasteiger charge is 2.27. The Morgan fingerprint density at radius 1 is 0.882 bits per heavy atom. The highest BCUT2D eigenvalue weighted by Crippen LogP contribution is 2.31. The van der Waals surface area contributed by atoms with Gasteiger partial charge in [-0.25, -0.2) is 9.67 Å². The number of hydrogen-bond acceptors (Lipinski definition) is 6. The number of rotatable bonds is 4. The predicted octanol–water partition coefficient (Wildman–Crippen LogP) is 4.59. The van der Waals surface area contributed by atoms with Gasteiger partial charge in [0.1, 0.15) is 15.6 Å². The average molecular weight is 473 g/mol. The van der Waals surface area contributed by atoms with Gasteiger partial charge in [-0.05, 0) is 63.1 Å². The first kappa shape index (κ1) is 22.3. The van der Waals surface area contributed by atoms with E-state index in [0.29, 0.717) is 18.0 Å². The van der Waals surface area contributed by atoms with E-state index in [4.69, 9.17) is 4.98 Å². The van der Waals surface area contributed by atoms with Crippen molar-refractivity contribution in [2.24, 2.45) is 0 Å². The number of para-hydroxylation sites is 1. The number of piperazine rings is 1. The lowest BCUT2D eigenvalue weighted by atomic mass is 10.1. The van der Waals surface area contributed by atoms with E-state index in [-0.39, 0.29) is 5.91 Å². The molecule has 7 nitrogen and oxygen atoms in total. The van der Waals surface area contributed by atoms with Gasteiger partial charge in [0, 0.05) is 31.9 Å². The molecule has 4 aromatic rings. The van der Waals surface area contributed by atoms with E-state index in [2.05, 4.69) is 53.3 Å². The molecule has 0 spiro atoms. The van der Waals surface area contributed by atoms with E-state index < -0.39 is 0 Å². The summed E-state index contributed by atoms with van der Waals surface area (Å²) in [6.07, 6.45) is 0. The maximum atomic E-state index is 13.3. The topological polar surface area (TPSA) is 67.2 Å².